The highest BCUT2D eigenvalue weighted by molar-refractivity contribution is 6.30. The average molecular weight is 379 g/mol. The molecule has 26 heavy (non-hydrogen) atoms. The molecule has 0 radical (unpaired) electrons. The number of hydrogen-bond acceptors (Lipinski definition) is 4. The lowest BCUT2D eigenvalue weighted by atomic mass is 10.1. The van der Waals surface area contributed by atoms with Crippen molar-refractivity contribution >= 4 is 34.7 Å². The van der Waals surface area contributed by atoms with E-state index in [0.29, 0.717) is 22.2 Å². The van der Waals surface area contributed by atoms with Crippen molar-refractivity contribution in [3.8, 4) is 0 Å². The number of nitrogens with one attached hydrogen (secondary N) is 2. The van der Waals surface area contributed by atoms with Crippen LogP contribution in [0.2, 0.25) is 5.02 Å². The van der Waals surface area contributed by atoms with Crippen LogP contribution in [0.1, 0.15) is 11.3 Å². The third-order valence-electron chi connectivity index (χ3n) is 3.43. The van der Waals surface area contributed by atoms with Crippen LogP contribution in [-0.4, -0.2) is 9.97 Å². The van der Waals surface area contributed by atoms with Crippen molar-refractivity contribution < 1.29 is 13.2 Å². The number of alkyl halides is 3. The molecule has 134 valence electrons. The van der Waals surface area contributed by atoms with E-state index in [1.54, 1.807) is 37.3 Å². The largest absolute Gasteiger partial charge is 0.418 e. The van der Waals surface area contributed by atoms with Gasteiger partial charge < -0.3 is 10.6 Å². The number of nitrogens with zero attached hydrogens (tertiary/aromatic N) is 2. The number of aromatic nitrogens is 2. The number of para-hydroxylation sites is 1. The molecule has 0 fully saturated rings. The molecule has 0 aliphatic carbocycles. The quantitative estimate of drug-likeness (QED) is 0.589. The first kappa shape index (κ1) is 18.0. The van der Waals surface area contributed by atoms with E-state index in [4.69, 9.17) is 11.6 Å². The Hall–Kier alpha value is -2.80. The van der Waals surface area contributed by atoms with Crippen LogP contribution in [0.15, 0.2) is 54.6 Å². The van der Waals surface area contributed by atoms with Crippen LogP contribution >= 0.6 is 11.6 Å². The first-order chi connectivity index (χ1) is 12.3. The lowest BCUT2D eigenvalue weighted by Crippen LogP contribution is -2.10. The Kier molecular flexibility index (Phi) is 4.99. The molecule has 0 saturated carbocycles. The first-order valence-corrected chi connectivity index (χ1v) is 8.00. The van der Waals surface area contributed by atoms with Crippen molar-refractivity contribution in [2.45, 2.75) is 13.1 Å². The summed E-state index contributed by atoms with van der Waals surface area (Å²) in [5.41, 5.74) is 0.405. The van der Waals surface area contributed by atoms with E-state index in [1.165, 1.54) is 18.2 Å². The number of aryl methyl sites for hydroxylation is 1. The summed E-state index contributed by atoms with van der Waals surface area (Å²) in [6, 6.07) is 13.9. The van der Waals surface area contributed by atoms with Crippen molar-refractivity contribution in [1.82, 2.24) is 9.97 Å². The molecule has 0 spiro atoms. The maximum atomic E-state index is 13.1. The van der Waals surface area contributed by atoms with Gasteiger partial charge in [-0.15, -0.1) is 0 Å². The summed E-state index contributed by atoms with van der Waals surface area (Å²) < 4.78 is 39.4. The predicted molar refractivity (Wildman–Crippen MR) is 96.2 cm³/mol. The second-order valence-electron chi connectivity index (χ2n) is 5.52. The lowest BCUT2D eigenvalue weighted by Gasteiger charge is -2.14. The zero-order valence-electron chi connectivity index (χ0n) is 13.6. The van der Waals surface area contributed by atoms with Gasteiger partial charge in [0.1, 0.15) is 5.82 Å². The van der Waals surface area contributed by atoms with Crippen LogP contribution in [-0.2, 0) is 6.18 Å². The summed E-state index contributed by atoms with van der Waals surface area (Å²) >= 11 is 5.95. The molecule has 1 aromatic heterocycles. The van der Waals surface area contributed by atoms with Crippen LogP contribution in [0.25, 0.3) is 0 Å². The number of rotatable bonds is 4. The molecular weight excluding hydrogens is 365 g/mol. The second kappa shape index (κ2) is 7.21. The Bertz CT molecular complexity index is 928. The molecule has 2 aromatic carbocycles. The van der Waals surface area contributed by atoms with Crippen molar-refractivity contribution in [1.29, 1.82) is 0 Å². The van der Waals surface area contributed by atoms with Crippen LogP contribution in [0.4, 0.5) is 36.3 Å². The van der Waals surface area contributed by atoms with Crippen molar-refractivity contribution in [2.75, 3.05) is 10.6 Å². The summed E-state index contributed by atoms with van der Waals surface area (Å²) in [6.07, 6.45) is -4.48. The second-order valence-corrected chi connectivity index (χ2v) is 5.96. The fourth-order valence-corrected chi connectivity index (χ4v) is 2.55. The third kappa shape index (κ3) is 4.43. The summed E-state index contributed by atoms with van der Waals surface area (Å²) in [5, 5.41) is 6.26. The summed E-state index contributed by atoms with van der Waals surface area (Å²) in [7, 11) is 0. The SMILES string of the molecule is Cc1cc(Nc2cccc(Cl)c2)nc(Nc2ccccc2C(F)(F)F)n1. The molecule has 0 bridgehead atoms. The highest BCUT2D eigenvalue weighted by atomic mass is 35.5. The van der Waals surface area contributed by atoms with Gasteiger partial charge in [-0.05, 0) is 37.3 Å². The normalized spacial score (nSPS) is 11.3. The van der Waals surface area contributed by atoms with Crippen molar-refractivity contribution in [3.05, 3.63) is 70.9 Å². The highest BCUT2D eigenvalue weighted by Gasteiger charge is 2.33. The minimum absolute atomic E-state index is 0.0613. The maximum Gasteiger partial charge on any atom is 0.418 e. The first-order valence-electron chi connectivity index (χ1n) is 7.63. The molecular formula is C18H14ClF3N4. The number of benzene rings is 2. The van der Waals surface area contributed by atoms with Gasteiger partial charge >= 0.3 is 6.18 Å². The number of anilines is 4. The van der Waals surface area contributed by atoms with Crippen LogP contribution in [0.5, 0.6) is 0 Å². The topological polar surface area (TPSA) is 49.8 Å². The van der Waals surface area contributed by atoms with E-state index in [0.717, 1.165) is 6.07 Å². The van der Waals surface area contributed by atoms with E-state index in [9.17, 15) is 13.2 Å². The fraction of sp³-hybridized carbons (Fsp3) is 0.111. The van der Waals surface area contributed by atoms with Gasteiger partial charge in [-0.2, -0.15) is 18.2 Å². The monoisotopic (exact) mass is 378 g/mol. The zero-order valence-corrected chi connectivity index (χ0v) is 14.4. The van der Waals surface area contributed by atoms with Gasteiger partial charge in [-0.25, -0.2) is 4.98 Å². The van der Waals surface area contributed by atoms with E-state index >= 15 is 0 Å². The molecule has 0 aliphatic rings. The minimum Gasteiger partial charge on any atom is -0.340 e. The van der Waals surface area contributed by atoms with Crippen LogP contribution in [0, 0.1) is 6.92 Å². The Labute approximate surface area is 153 Å². The number of halogens is 4. The molecule has 2 N–H and O–H groups in total. The smallest absolute Gasteiger partial charge is 0.340 e. The molecule has 0 amide bonds. The van der Waals surface area contributed by atoms with E-state index in [2.05, 4.69) is 20.6 Å². The number of hydrogen-bond donors (Lipinski definition) is 2. The predicted octanol–water partition coefficient (Wildman–Crippen LogP) is 5.94. The van der Waals surface area contributed by atoms with E-state index in [1.807, 2.05) is 0 Å². The van der Waals surface area contributed by atoms with Gasteiger partial charge in [-0.1, -0.05) is 29.8 Å². The molecule has 1 heterocycles. The Balaban J connectivity index is 1.89. The summed E-state index contributed by atoms with van der Waals surface area (Å²) in [6.45, 7) is 1.73. The Morgan fingerprint density at radius 3 is 2.42 bits per heavy atom. The molecule has 0 atom stereocenters. The van der Waals surface area contributed by atoms with Gasteiger partial charge in [0.15, 0.2) is 0 Å². The van der Waals surface area contributed by atoms with E-state index < -0.39 is 11.7 Å². The van der Waals surface area contributed by atoms with Crippen LogP contribution < -0.4 is 10.6 Å². The maximum absolute atomic E-state index is 13.1. The van der Waals surface area contributed by atoms with Gasteiger partial charge in [0, 0.05) is 22.5 Å². The van der Waals surface area contributed by atoms with Gasteiger partial charge in [0.25, 0.3) is 0 Å². The molecule has 4 nitrogen and oxygen atoms in total. The molecule has 3 aromatic rings. The van der Waals surface area contributed by atoms with Gasteiger partial charge in [0.05, 0.1) is 11.3 Å². The molecule has 0 aliphatic heterocycles. The van der Waals surface area contributed by atoms with Crippen LogP contribution in [0.3, 0.4) is 0 Å². The van der Waals surface area contributed by atoms with Gasteiger partial charge in [-0.3, -0.25) is 0 Å². The van der Waals surface area contributed by atoms with Gasteiger partial charge in [0.2, 0.25) is 5.95 Å². The molecule has 0 saturated heterocycles. The molecule has 0 unspecified atom stereocenters. The molecule has 8 heteroatoms. The lowest BCUT2D eigenvalue weighted by molar-refractivity contribution is -0.136. The molecule has 3 rings (SSSR count). The zero-order chi connectivity index (χ0) is 18.7. The minimum atomic E-state index is -4.48. The summed E-state index contributed by atoms with van der Waals surface area (Å²) in [4.78, 5) is 8.39. The summed E-state index contributed by atoms with van der Waals surface area (Å²) in [5.74, 6) is 0.498. The standard InChI is InChI=1S/C18H14ClF3N4/c1-11-9-16(24-13-6-4-5-12(19)10-13)26-17(23-11)25-15-8-3-2-7-14(15)18(20,21)22/h2-10H,1H3,(H2,23,24,25,26). The Morgan fingerprint density at radius 2 is 1.69 bits per heavy atom. The Morgan fingerprint density at radius 1 is 0.923 bits per heavy atom. The fourth-order valence-electron chi connectivity index (χ4n) is 2.36. The average Bonchev–Trinajstić information content (AvgIpc) is 2.54. The van der Waals surface area contributed by atoms with E-state index in [-0.39, 0.29) is 11.6 Å². The third-order valence-corrected chi connectivity index (χ3v) is 3.67. The highest BCUT2D eigenvalue weighted by Crippen LogP contribution is 2.35. The van der Waals surface area contributed by atoms with Crippen molar-refractivity contribution in [2.24, 2.45) is 0 Å². The van der Waals surface area contributed by atoms with Crippen molar-refractivity contribution in [3.63, 3.8) is 0 Å².